The second kappa shape index (κ2) is 7.13. The number of hydrogen-bond acceptors (Lipinski definition) is 5. The molecule has 1 aromatic carbocycles. The first-order chi connectivity index (χ1) is 9.02. The lowest BCUT2D eigenvalue weighted by Gasteiger charge is -2.12. The van der Waals surface area contributed by atoms with Crippen LogP contribution >= 0.6 is 0 Å². The van der Waals surface area contributed by atoms with Crippen molar-refractivity contribution in [2.24, 2.45) is 0 Å². The lowest BCUT2D eigenvalue weighted by atomic mass is 10.2. The number of hydrogen-bond donors (Lipinski definition) is 0. The zero-order valence-electron chi connectivity index (χ0n) is 11.1. The molecular weight excluding hydrogens is 268 g/mol. The minimum absolute atomic E-state index is 0.0372. The maximum Gasteiger partial charge on any atom is 0.161 e. The van der Waals surface area contributed by atoms with Crippen LogP contribution in [0.1, 0.15) is 24.2 Å². The standard InChI is InChI=1S/C13H18O5S/c1-3-17-13-9-11(10-14)5-6-12(13)18-7-8-19(15,16)4-2/h5-6,9-10H,3-4,7-8H2,1-2H3. The number of sulfone groups is 1. The molecule has 0 aliphatic rings. The van der Waals surface area contributed by atoms with Gasteiger partial charge in [-0.2, -0.15) is 0 Å². The molecule has 0 radical (unpaired) electrons. The quantitative estimate of drug-likeness (QED) is 0.680. The van der Waals surface area contributed by atoms with Gasteiger partial charge in [0.1, 0.15) is 12.9 Å². The molecule has 0 aliphatic heterocycles. The van der Waals surface area contributed by atoms with Gasteiger partial charge < -0.3 is 9.47 Å². The van der Waals surface area contributed by atoms with E-state index < -0.39 is 9.84 Å². The molecule has 0 amide bonds. The molecule has 0 aliphatic carbocycles. The van der Waals surface area contributed by atoms with Crippen molar-refractivity contribution in [2.75, 3.05) is 24.7 Å². The first kappa shape index (κ1) is 15.5. The van der Waals surface area contributed by atoms with E-state index in [-0.39, 0.29) is 18.1 Å². The van der Waals surface area contributed by atoms with Gasteiger partial charge in [-0.05, 0) is 25.1 Å². The monoisotopic (exact) mass is 286 g/mol. The fraction of sp³-hybridized carbons (Fsp3) is 0.462. The summed E-state index contributed by atoms with van der Waals surface area (Å²) in [7, 11) is -3.05. The zero-order valence-corrected chi connectivity index (χ0v) is 11.9. The van der Waals surface area contributed by atoms with E-state index in [4.69, 9.17) is 9.47 Å². The van der Waals surface area contributed by atoms with E-state index in [1.54, 1.807) is 25.1 Å². The summed E-state index contributed by atoms with van der Waals surface area (Å²) >= 11 is 0. The van der Waals surface area contributed by atoms with Crippen LogP contribution in [0.3, 0.4) is 0 Å². The summed E-state index contributed by atoms with van der Waals surface area (Å²) in [4.78, 5) is 10.7. The third kappa shape index (κ3) is 4.90. The van der Waals surface area contributed by atoms with Crippen LogP contribution in [0.2, 0.25) is 0 Å². The highest BCUT2D eigenvalue weighted by atomic mass is 32.2. The summed E-state index contributed by atoms with van der Waals surface area (Å²) in [6.07, 6.45) is 0.716. The Kier molecular flexibility index (Phi) is 5.82. The molecule has 0 spiro atoms. The van der Waals surface area contributed by atoms with Crippen molar-refractivity contribution in [3.8, 4) is 11.5 Å². The van der Waals surface area contributed by atoms with E-state index in [0.717, 1.165) is 0 Å². The fourth-order valence-electron chi connectivity index (χ4n) is 1.41. The average molecular weight is 286 g/mol. The number of carbonyl (C=O) groups excluding carboxylic acids is 1. The number of ether oxygens (including phenoxy) is 2. The number of benzene rings is 1. The first-order valence-electron chi connectivity index (χ1n) is 6.07. The second-order valence-corrected chi connectivity index (χ2v) is 6.31. The Morgan fingerprint density at radius 1 is 1.16 bits per heavy atom. The van der Waals surface area contributed by atoms with E-state index in [0.29, 0.717) is 30.0 Å². The van der Waals surface area contributed by atoms with Crippen molar-refractivity contribution in [3.05, 3.63) is 23.8 Å². The molecule has 106 valence electrons. The van der Waals surface area contributed by atoms with Gasteiger partial charge in [-0.1, -0.05) is 6.92 Å². The lowest BCUT2D eigenvalue weighted by Crippen LogP contribution is -2.15. The van der Waals surface area contributed by atoms with E-state index in [9.17, 15) is 13.2 Å². The highest BCUT2D eigenvalue weighted by Crippen LogP contribution is 2.28. The summed E-state index contributed by atoms with van der Waals surface area (Å²) in [5, 5.41) is 0. The summed E-state index contributed by atoms with van der Waals surface area (Å²) in [5.74, 6) is 0.947. The third-order valence-corrected chi connectivity index (χ3v) is 4.16. The molecule has 0 heterocycles. The normalized spacial score (nSPS) is 11.1. The molecule has 0 atom stereocenters. The summed E-state index contributed by atoms with van der Waals surface area (Å²) < 4.78 is 33.4. The minimum atomic E-state index is -3.05. The molecule has 5 nitrogen and oxygen atoms in total. The highest BCUT2D eigenvalue weighted by Gasteiger charge is 2.10. The van der Waals surface area contributed by atoms with Gasteiger partial charge in [-0.3, -0.25) is 4.79 Å². The number of aldehydes is 1. The van der Waals surface area contributed by atoms with E-state index in [1.807, 2.05) is 6.92 Å². The van der Waals surface area contributed by atoms with Crippen LogP contribution in [-0.2, 0) is 9.84 Å². The molecule has 1 rings (SSSR count). The van der Waals surface area contributed by atoms with Crippen molar-refractivity contribution >= 4 is 16.1 Å². The van der Waals surface area contributed by atoms with Gasteiger partial charge in [0, 0.05) is 11.3 Å². The molecular formula is C13H18O5S. The second-order valence-electron chi connectivity index (χ2n) is 3.84. The van der Waals surface area contributed by atoms with Gasteiger partial charge in [-0.15, -0.1) is 0 Å². The molecule has 0 bridgehead atoms. The smallest absolute Gasteiger partial charge is 0.161 e. The average Bonchev–Trinajstić information content (AvgIpc) is 2.40. The summed E-state index contributed by atoms with van der Waals surface area (Å²) in [6.45, 7) is 3.92. The molecule has 19 heavy (non-hydrogen) atoms. The Labute approximate surface area is 113 Å². The molecule has 0 saturated heterocycles. The third-order valence-electron chi connectivity index (χ3n) is 2.50. The van der Waals surface area contributed by atoms with Crippen LogP contribution in [-0.4, -0.2) is 39.4 Å². The van der Waals surface area contributed by atoms with Gasteiger partial charge in [0.25, 0.3) is 0 Å². The first-order valence-corrected chi connectivity index (χ1v) is 7.89. The summed E-state index contributed by atoms with van der Waals surface area (Å²) in [5.41, 5.74) is 0.483. The van der Waals surface area contributed by atoms with Crippen molar-refractivity contribution in [3.63, 3.8) is 0 Å². The molecule has 0 aromatic heterocycles. The lowest BCUT2D eigenvalue weighted by molar-refractivity contribution is 0.112. The fourth-order valence-corrected chi connectivity index (χ4v) is 2.03. The molecule has 6 heteroatoms. The van der Waals surface area contributed by atoms with Gasteiger partial charge in [0.05, 0.1) is 12.4 Å². The number of carbonyl (C=O) groups is 1. The van der Waals surface area contributed by atoms with Gasteiger partial charge in [0.15, 0.2) is 21.3 Å². The van der Waals surface area contributed by atoms with Crippen molar-refractivity contribution in [1.29, 1.82) is 0 Å². The molecule has 1 aromatic rings. The Morgan fingerprint density at radius 2 is 1.89 bits per heavy atom. The Balaban J connectivity index is 2.74. The van der Waals surface area contributed by atoms with E-state index >= 15 is 0 Å². The largest absolute Gasteiger partial charge is 0.490 e. The van der Waals surface area contributed by atoms with Crippen molar-refractivity contribution < 1.29 is 22.7 Å². The van der Waals surface area contributed by atoms with Crippen LogP contribution < -0.4 is 9.47 Å². The van der Waals surface area contributed by atoms with Crippen LogP contribution in [0.4, 0.5) is 0 Å². The Morgan fingerprint density at radius 3 is 2.47 bits per heavy atom. The maximum absolute atomic E-state index is 11.3. The van der Waals surface area contributed by atoms with Crippen LogP contribution in [0, 0.1) is 0 Å². The van der Waals surface area contributed by atoms with Gasteiger partial charge >= 0.3 is 0 Å². The molecule has 0 unspecified atom stereocenters. The predicted octanol–water partition coefficient (Wildman–Crippen LogP) is 1.71. The van der Waals surface area contributed by atoms with Crippen LogP contribution in [0.25, 0.3) is 0 Å². The van der Waals surface area contributed by atoms with Crippen LogP contribution in [0.5, 0.6) is 11.5 Å². The van der Waals surface area contributed by atoms with Crippen molar-refractivity contribution in [2.45, 2.75) is 13.8 Å². The minimum Gasteiger partial charge on any atom is -0.490 e. The summed E-state index contributed by atoms with van der Waals surface area (Å²) in [6, 6.07) is 4.77. The van der Waals surface area contributed by atoms with Crippen molar-refractivity contribution in [1.82, 2.24) is 0 Å². The number of rotatable bonds is 8. The van der Waals surface area contributed by atoms with Gasteiger partial charge in [0.2, 0.25) is 0 Å². The van der Waals surface area contributed by atoms with E-state index in [1.165, 1.54) is 0 Å². The Bertz CT molecular complexity index is 522. The maximum atomic E-state index is 11.3. The highest BCUT2D eigenvalue weighted by molar-refractivity contribution is 7.91. The topological polar surface area (TPSA) is 69.7 Å². The van der Waals surface area contributed by atoms with E-state index in [2.05, 4.69) is 0 Å². The van der Waals surface area contributed by atoms with Gasteiger partial charge in [-0.25, -0.2) is 8.42 Å². The molecule has 0 fully saturated rings. The SMILES string of the molecule is CCOc1cc(C=O)ccc1OCCS(=O)(=O)CC. The predicted molar refractivity (Wildman–Crippen MR) is 72.8 cm³/mol. The molecule has 0 saturated carbocycles. The Hall–Kier alpha value is -1.56. The van der Waals surface area contributed by atoms with Crippen LogP contribution in [0.15, 0.2) is 18.2 Å². The zero-order chi connectivity index (χ0) is 14.3. The molecule has 0 N–H and O–H groups in total.